The van der Waals surface area contributed by atoms with E-state index in [1.807, 2.05) is 31.1 Å². The van der Waals surface area contributed by atoms with E-state index < -0.39 is 0 Å². The first-order valence-electron chi connectivity index (χ1n) is 5.31. The van der Waals surface area contributed by atoms with Crippen LogP contribution in [0, 0.1) is 0 Å². The fraction of sp³-hybridized carbons (Fsp3) is 0.417. The summed E-state index contributed by atoms with van der Waals surface area (Å²) >= 11 is 0. The highest BCUT2D eigenvalue weighted by molar-refractivity contribution is 5.94. The number of hydrogen-bond acceptors (Lipinski definition) is 3. The number of carbonyl (C=O) groups excluding carboxylic acids is 1. The van der Waals surface area contributed by atoms with Crippen LogP contribution in [0.2, 0.25) is 0 Å². The molecule has 0 heterocycles. The summed E-state index contributed by atoms with van der Waals surface area (Å²) in [5.74, 6) is -0.0984. The van der Waals surface area contributed by atoms with Crippen LogP contribution in [0.5, 0.6) is 0 Å². The lowest BCUT2D eigenvalue weighted by atomic mass is 10.2. The Morgan fingerprint density at radius 1 is 1.31 bits per heavy atom. The second-order valence-corrected chi connectivity index (χ2v) is 3.77. The van der Waals surface area contributed by atoms with E-state index in [-0.39, 0.29) is 12.5 Å². The summed E-state index contributed by atoms with van der Waals surface area (Å²) in [5.41, 5.74) is 1.70. The number of rotatable bonds is 5. The molecule has 1 aromatic carbocycles. The van der Waals surface area contributed by atoms with Gasteiger partial charge in [0.15, 0.2) is 0 Å². The van der Waals surface area contributed by atoms with Crippen molar-refractivity contribution in [3.05, 3.63) is 29.8 Å². The molecule has 1 rings (SSSR count). The van der Waals surface area contributed by atoms with Gasteiger partial charge < -0.3 is 15.3 Å². The van der Waals surface area contributed by atoms with Gasteiger partial charge in [-0.15, -0.1) is 0 Å². The zero-order chi connectivity index (χ0) is 12.0. The molecule has 0 saturated heterocycles. The third kappa shape index (κ3) is 3.55. The maximum absolute atomic E-state index is 11.6. The highest BCUT2D eigenvalue weighted by atomic mass is 16.3. The van der Waals surface area contributed by atoms with E-state index in [0.29, 0.717) is 18.5 Å². The number of hydrogen-bond donors (Lipinski definition) is 2. The summed E-state index contributed by atoms with van der Waals surface area (Å²) in [6, 6.07) is 7.40. The van der Waals surface area contributed by atoms with Crippen LogP contribution in [0.25, 0.3) is 0 Å². The van der Waals surface area contributed by atoms with Crippen molar-refractivity contribution in [2.75, 3.05) is 32.1 Å². The van der Waals surface area contributed by atoms with E-state index in [1.54, 1.807) is 12.1 Å². The summed E-state index contributed by atoms with van der Waals surface area (Å²) < 4.78 is 0. The monoisotopic (exact) mass is 222 g/mol. The van der Waals surface area contributed by atoms with Crippen LogP contribution in [0.3, 0.4) is 0 Å². The van der Waals surface area contributed by atoms with Crippen LogP contribution in [-0.2, 0) is 0 Å². The Kier molecular flexibility index (Phi) is 4.79. The van der Waals surface area contributed by atoms with Crippen LogP contribution in [0.1, 0.15) is 16.8 Å². The molecule has 4 nitrogen and oxygen atoms in total. The Bertz CT molecular complexity index is 333. The largest absolute Gasteiger partial charge is 0.396 e. The third-order valence-electron chi connectivity index (χ3n) is 2.27. The third-order valence-corrected chi connectivity index (χ3v) is 2.27. The molecule has 0 fully saturated rings. The fourth-order valence-corrected chi connectivity index (χ4v) is 1.29. The van der Waals surface area contributed by atoms with Crippen LogP contribution in [0.4, 0.5) is 5.69 Å². The van der Waals surface area contributed by atoms with Gasteiger partial charge in [-0.2, -0.15) is 0 Å². The molecule has 1 aromatic rings. The SMILES string of the molecule is CN(C)c1ccc(C(=O)NCCCO)cc1. The Labute approximate surface area is 95.9 Å². The Hall–Kier alpha value is -1.55. The van der Waals surface area contributed by atoms with E-state index in [0.717, 1.165) is 5.69 Å². The molecule has 0 bridgehead atoms. The number of benzene rings is 1. The number of anilines is 1. The normalized spacial score (nSPS) is 9.94. The van der Waals surface area contributed by atoms with Crippen molar-refractivity contribution in [1.29, 1.82) is 0 Å². The average molecular weight is 222 g/mol. The van der Waals surface area contributed by atoms with Gasteiger partial charge in [-0.3, -0.25) is 4.79 Å². The smallest absolute Gasteiger partial charge is 0.251 e. The zero-order valence-corrected chi connectivity index (χ0v) is 9.73. The van der Waals surface area contributed by atoms with Crippen molar-refractivity contribution in [2.45, 2.75) is 6.42 Å². The maximum Gasteiger partial charge on any atom is 0.251 e. The Morgan fingerprint density at radius 3 is 2.44 bits per heavy atom. The zero-order valence-electron chi connectivity index (χ0n) is 9.73. The second kappa shape index (κ2) is 6.12. The van der Waals surface area contributed by atoms with Gasteiger partial charge in [-0.05, 0) is 30.7 Å². The molecule has 0 unspecified atom stereocenters. The van der Waals surface area contributed by atoms with Crippen LogP contribution >= 0.6 is 0 Å². The van der Waals surface area contributed by atoms with Crippen LogP contribution < -0.4 is 10.2 Å². The standard InChI is InChI=1S/C12H18N2O2/c1-14(2)11-6-4-10(5-7-11)12(16)13-8-3-9-15/h4-7,15H,3,8-9H2,1-2H3,(H,13,16). The minimum atomic E-state index is -0.0984. The molecule has 0 saturated carbocycles. The molecule has 0 aliphatic rings. The molecule has 16 heavy (non-hydrogen) atoms. The fourth-order valence-electron chi connectivity index (χ4n) is 1.29. The van der Waals surface area contributed by atoms with Crippen LogP contribution in [0.15, 0.2) is 24.3 Å². The molecule has 88 valence electrons. The highest BCUT2D eigenvalue weighted by Crippen LogP contribution is 2.11. The van der Waals surface area contributed by atoms with Gasteiger partial charge in [0.25, 0.3) is 5.91 Å². The number of carbonyl (C=O) groups is 1. The van der Waals surface area contributed by atoms with Crippen molar-refractivity contribution < 1.29 is 9.90 Å². The lowest BCUT2D eigenvalue weighted by molar-refractivity contribution is 0.0951. The van der Waals surface area contributed by atoms with Crippen molar-refractivity contribution in [2.24, 2.45) is 0 Å². The molecule has 0 aliphatic carbocycles. The van der Waals surface area contributed by atoms with Crippen LogP contribution in [-0.4, -0.2) is 38.3 Å². The van der Waals surface area contributed by atoms with E-state index in [4.69, 9.17) is 5.11 Å². The number of nitrogens with zero attached hydrogens (tertiary/aromatic N) is 1. The second-order valence-electron chi connectivity index (χ2n) is 3.77. The minimum absolute atomic E-state index is 0.0971. The summed E-state index contributed by atoms with van der Waals surface area (Å²) in [7, 11) is 3.91. The molecular weight excluding hydrogens is 204 g/mol. The maximum atomic E-state index is 11.6. The van der Waals surface area contributed by atoms with Gasteiger partial charge in [0.1, 0.15) is 0 Å². The molecule has 2 N–H and O–H groups in total. The topological polar surface area (TPSA) is 52.6 Å². The lowest BCUT2D eigenvalue weighted by Crippen LogP contribution is -2.25. The molecule has 0 aromatic heterocycles. The van der Waals surface area contributed by atoms with Gasteiger partial charge in [0.05, 0.1) is 0 Å². The summed E-state index contributed by atoms with van der Waals surface area (Å²) in [6.45, 7) is 0.602. The molecular formula is C12H18N2O2. The van der Waals surface area contributed by atoms with Gasteiger partial charge in [-0.1, -0.05) is 0 Å². The summed E-state index contributed by atoms with van der Waals surface area (Å²) in [4.78, 5) is 13.6. The Morgan fingerprint density at radius 2 is 1.94 bits per heavy atom. The number of nitrogens with one attached hydrogen (secondary N) is 1. The molecule has 0 radical (unpaired) electrons. The predicted molar refractivity (Wildman–Crippen MR) is 64.8 cm³/mol. The molecule has 0 atom stereocenters. The van der Waals surface area contributed by atoms with Gasteiger partial charge in [0, 0.05) is 38.5 Å². The molecule has 0 aliphatic heterocycles. The average Bonchev–Trinajstić information content (AvgIpc) is 2.29. The molecule has 0 spiro atoms. The van der Waals surface area contributed by atoms with Gasteiger partial charge in [0.2, 0.25) is 0 Å². The van der Waals surface area contributed by atoms with Crippen molar-refractivity contribution in [3.63, 3.8) is 0 Å². The summed E-state index contributed by atoms with van der Waals surface area (Å²) in [5, 5.41) is 11.3. The van der Waals surface area contributed by atoms with Crippen molar-refractivity contribution in [1.82, 2.24) is 5.32 Å². The minimum Gasteiger partial charge on any atom is -0.396 e. The Balaban J connectivity index is 2.56. The van der Waals surface area contributed by atoms with E-state index in [2.05, 4.69) is 5.32 Å². The first-order valence-corrected chi connectivity index (χ1v) is 5.31. The number of aliphatic hydroxyl groups is 1. The van der Waals surface area contributed by atoms with E-state index in [1.165, 1.54) is 0 Å². The number of aliphatic hydroxyl groups excluding tert-OH is 1. The van der Waals surface area contributed by atoms with E-state index in [9.17, 15) is 4.79 Å². The quantitative estimate of drug-likeness (QED) is 0.727. The lowest BCUT2D eigenvalue weighted by Gasteiger charge is -2.12. The molecule has 1 amide bonds. The van der Waals surface area contributed by atoms with Gasteiger partial charge in [-0.25, -0.2) is 0 Å². The van der Waals surface area contributed by atoms with Crippen molar-refractivity contribution >= 4 is 11.6 Å². The first kappa shape index (κ1) is 12.5. The van der Waals surface area contributed by atoms with Gasteiger partial charge >= 0.3 is 0 Å². The number of amides is 1. The highest BCUT2D eigenvalue weighted by Gasteiger charge is 2.04. The van der Waals surface area contributed by atoms with Crippen molar-refractivity contribution in [3.8, 4) is 0 Å². The molecule has 4 heteroatoms. The van der Waals surface area contributed by atoms with E-state index >= 15 is 0 Å². The summed E-state index contributed by atoms with van der Waals surface area (Å²) in [6.07, 6.45) is 0.585. The first-order chi connectivity index (χ1) is 7.65. The predicted octanol–water partition coefficient (Wildman–Crippen LogP) is 0.865.